The third-order valence-corrected chi connectivity index (χ3v) is 19.9. The van der Waals surface area contributed by atoms with Crippen molar-refractivity contribution in [3.63, 3.8) is 0 Å². The molecular weight excluding hydrogens is 1120 g/mol. The summed E-state index contributed by atoms with van der Waals surface area (Å²) in [7, 11) is 0. The van der Waals surface area contributed by atoms with Gasteiger partial charge < -0.3 is 14.2 Å². The average molecular weight is 1170 g/mol. The zero-order chi connectivity index (χ0) is 58.8. The average Bonchev–Trinajstić information content (AvgIpc) is 2.77. The van der Waals surface area contributed by atoms with Crippen molar-refractivity contribution in [1.29, 1.82) is 0 Å². The van der Waals surface area contributed by atoms with Crippen LogP contribution in [0, 0.1) is 0 Å². The molecule has 3 heterocycles. The number of furan rings is 1. The number of rotatable bonds is 12. The van der Waals surface area contributed by atoms with E-state index in [2.05, 4.69) is 331 Å². The molecule has 418 valence electrons. The van der Waals surface area contributed by atoms with Crippen LogP contribution in [0.25, 0.3) is 129 Å². The fraction of sp³-hybridized carbons (Fsp3) is 0. The summed E-state index contributed by atoms with van der Waals surface area (Å²) in [5, 5.41) is 7.24. The smallest absolute Gasteiger partial charge is 0.135 e. The molecule has 0 aliphatic carbocycles. The topological polar surface area (TPSA) is 19.6 Å². The second-order valence-corrected chi connectivity index (χ2v) is 24.9. The lowest BCUT2D eigenvalue weighted by atomic mass is 9.93. The molecule has 0 saturated heterocycles. The van der Waals surface area contributed by atoms with Crippen LogP contribution in [0.4, 0.5) is 34.1 Å². The van der Waals surface area contributed by atoms with E-state index in [1.54, 1.807) is 0 Å². The van der Waals surface area contributed by atoms with Crippen molar-refractivity contribution in [2.24, 2.45) is 0 Å². The van der Waals surface area contributed by atoms with Crippen molar-refractivity contribution in [3.8, 4) is 66.8 Å². The third-order valence-electron chi connectivity index (χ3n) is 17.4. The number of hydrogen-bond donors (Lipinski definition) is 0. The summed E-state index contributed by atoms with van der Waals surface area (Å²) in [6.45, 7) is 0. The Hall–Kier alpha value is -11.1. The number of fused-ring (bicyclic) bond motifs is 9. The van der Waals surface area contributed by atoms with Gasteiger partial charge in [-0.05, 0) is 183 Å². The maximum absolute atomic E-state index is 6.42. The predicted octanol–water partition coefficient (Wildman–Crippen LogP) is 25.3. The van der Waals surface area contributed by atoms with Crippen molar-refractivity contribution in [2.75, 3.05) is 9.80 Å². The van der Waals surface area contributed by atoms with Crippen molar-refractivity contribution in [1.82, 2.24) is 0 Å². The van der Waals surface area contributed by atoms with E-state index >= 15 is 0 Å². The molecule has 0 amide bonds. The number of anilines is 6. The fourth-order valence-corrected chi connectivity index (χ4v) is 15.6. The van der Waals surface area contributed by atoms with Gasteiger partial charge in [-0.2, -0.15) is 0 Å². The van der Waals surface area contributed by atoms with Crippen LogP contribution in [-0.2, 0) is 0 Å². The van der Waals surface area contributed by atoms with E-state index in [-0.39, 0.29) is 0 Å². The highest BCUT2D eigenvalue weighted by Gasteiger charge is 2.23. The zero-order valence-electron chi connectivity index (χ0n) is 48.3. The lowest BCUT2D eigenvalue weighted by Gasteiger charge is -2.29. The molecule has 0 N–H and O–H groups in total. The van der Waals surface area contributed by atoms with Crippen molar-refractivity contribution in [2.45, 2.75) is 0 Å². The van der Waals surface area contributed by atoms with Gasteiger partial charge in [-0.15, -0.1) is 22.7 Å². The van der Waals surface area contributed by atoms with Gasteiger partial charge in [0, 0.05) is 74.7 Å². The van der Waals surface area contributed by atoms with Crippen LogP contribution in [0.5, 0.6) is 0 Å². The van der Waals surface area contributed by atoms with Crippen LogP contribution in [0.2, 0.25) is 0 Å². The minimum atomic E-state index is 0.874. The van der Waals surface area contributed by atoms with Gasteiger partial charge >= 0.3 is 0 Å². The van der Waals surface area contributed by atoms with Crippen molar-refractivity contribution < 1.29 is 4.42 Å². The first-order valence-electron chi connectivity index (χ1n) is 30.2. The van der Waals surface area contributed by atoms with Crippen molar-refractivity contribution >= 4 is 119 Å². The van der Waals surface area contributed by atoms with E-state index in [0.717, 1.165) is 83.9 Å². The molecule has 14 aromatic carbocycles. The van der Waals surface area contributed by atoms with E-state index in [4.69, 9.17) is 4.42 Å². The number of hydrogen-bond acceptors (Lipinski definition) is 5. The van der Waals surface area contributed by atoms with E-state index in [1.807, 2.05) is 28.7 Å². The maximum Gasteiger partial charge on any atom is 0.135 e. The molecule has 0 bridgehead atoms. The van der Waals surface area contributed by atoms with Crippen LogP contribution in [-0.4, -0.2) is 0 Å². The van der Waals surface area contributed by atoms with Gasteiger partial charge in [0.15, 0.2) is 0 Å². The quantitative estimate of drug-likeness (QED) is 0.122. The van der Waals surface area contributed by atoms with Gasteiger partial charge in [0.2, 0.25) is 0 Å². The molecule has 17 rings (SSSR count). The van der Waals surface area contributed by atoms with E-state index in [1.165, 1.54) is 79.3 Å². The molecule has 0 atom stereocenters. The Morgan fingerprint density at radius 1 is 0.213 bits per heavy atom. The molecule has 0 unspecified atom stereocenters. The molecule has 0 fully saturated rings. The van der Waals surface area contributed by atoms with Crippen molar-refractivity contribution in [3.05, 3.63) is 328 Å². The highest BCUT2D eigenvalue weighted by molar-refractivity contribution is 7.27. The molecule has 0 radical (unpaired) electrons. The number of nitrogens with zero attached hydrogens (tertiary/aromatic N) is 2. The molecule has 89 heavy (non-hydrogen) atoms. The maximum atomic E-state index is 6.42. The summed E-state index contributed by atoms with van der Waals surface area (Å²) in [6, 6.07) is 120. The van der Waals surface area contributed by atoms with Gasteiger partial charge in [0.25, 0.3) is 0 Å². The molecule has 0 aliphatic rings. The minimum Gasteiger partial charge on any atom is -0.456 e. The molecule has 0 saturated carbocycles. The summed E-state index contributed by atoms with van der Waals surface area (Å²) in [5.41, 5.74) is 22.3. The third kappa shape index (κ3) is 9.43. The summed E-state index contributed by atoms with van der Waals surface area (Å²) in [5.74, 6) is 0. The van der Waals surface area contributed by atoms with Crippen LogP contribution < -0.4 is 9.80 Å². The van der Waals surface area contributed by atoms with Crippen LogP contribution in [0.3, 0.4) is 0 Å². The Morgan fingerprint density at radius 3 is 1.40 bits per heavy atom. The number of benzene rings is 14. The first-order chi connectivity index (χ1) is 44.1. The van der Waals surface area contributed by atoms with Crippen LogP contribution in [0.15, 0.2) is 332 Å². The van der Waals surface area contributed by atoms with Gasteiger partial charge in [0.05, 0.1) is 16.1 Å². The molecule has 3 aromatic heterocycles. The fourth-order valence-electron chi connectivity index (χ4n) is 13.2. The Morgan fingerprint density at radius 2 is 0.685 bits per heavy atom. The Kier molecular flexibility index (Phi) is 12.9. The monoisotopic (exact) mass is 1170 g/mol. The standard InChI is InChI=1S/C84H54N2OS2/c1-5-20-55(21-6-1)62-48-63(56-22-7-2-8-23-56)50-64(49-62)57-38-43-67(44-39-57)85(65-25-9-3-10-26-65)78-35-19-34-73-72-33-18-32-69(83(72)89-84(73)78)60-24-17-29-68(51-60)86(66-27-11-4-12-28-66)77-45-40-58(59-42-47-82-76(53-59)71-31-14-16-37-81(71)88-82)52-74(77)61-41-46-80-75(54-61)70-30-13-15-36-79(70)87-80/h1-54H. The highest BCUT2D eigenvalue weighted by atomic mass is 32.1. The molecular formula is C84H54N2OS2. The van der Waals surface area contributed by atoms with Crippen LogP contribution >= 0.6 is 22.7 Å². The Labute approximate surface area is 524 Å². The number of thiophene rings is 2. The molecule has 5 heteroatoms. The van der Waals surface area contributed by atoms with E-state index < -0.39 is 0 Å². The van der Waals surface area contributed by atoms with Gasteiger partial charge in [-0.3, -0.25) is 0 Å². The Balaban J connectivity index is 0.785. The molecule has 3 nitrogen and oxygen atoms in total. The SMILES string of the molecule is c1ccc(-c2cc(-c3ccccc3)cc(-c3ccc(N(c4ccccc4)c4cccc5c4sc4c(-c6cccc(N(c7ccccc7)c7ccc(-c8ccc9sc%10ccccc%10c9c8)cc7-c7ccc8oc9ccccc9c8c7)c6)cccc45)cc3)c2)cc1. The first-order valence-corrected chi connectivity index (χ1v) is 31.8. The minimum absolute atomic E-state index is 0.874. The molecule has 0 aliphatic heterocycles. The van der Waals surface area contributed by atoms with Crippen LogP contribution in [0.1, 0.15) is 0 Å². The lowest BCUT2D eigenvalue weighted by Crippen LogP contribution is -2.11. The summed E-state index contributed by atoms with van der Waals surface area (Å²) in [6.07, 6.45) is 0. The first kappa shape index (κ1) is 52.3. The summed E-state index contributed by atoms with van der Waals surface area (Å²) >= 11 is 3.73. The second kappa shape index (κ2) is 22.0. The number of para-hydroxylation sites is 3. The summed E-state index contributed by atoms with van der Waals surface area (Å²) in [4.78, 5) is 4.86. The zero-order valence-corrected chi connectivity index (χ0v) is 49.9. The molecule has 17 aromatic rings. The van der Waals surface area contributed by atoms with Gasteiger partial charge in [-0.1, -0.05) is 206 Å². The summed E-state index contributed by atoms with van der Waals surface area (Å²) < 4.78 is 11.5. The van der Waals surface area contributed by atoms with E-state index in [9.17, 15) is 0 Å². The second-order valence-electron chi connectivity index (χ2n) is 22.8. The molecule has 0 spiro atoms. The Bertz CT molecular complexity index is 5440. The highest BCUT2D eigenvalue weighted by Crippen LogP contribution is 2.50. The van der Waals surface area contributed by atoms with E-state index in [0.29, 0.717) is 0 Å². The predicted molar refractivity (Wildman–Crippen MR) is 381 cm³/mol. The lowest BCUT2D eigenvalue weighted by molar-refractivity contribution is 0.669. The van der Waals surface area contributed by atoms with Gasteiger partial charge in [0.1, 0.15) is 11.2 Å². The normalized spacial score (nSPS) is 11.6. The van der Waals surface area contributed by atoms with Gasteiger partial charge in [-0.25, -0.2) is 0 Å². The largest absolute Gasteiger partial charge is 0.456 e.